The van der Waals surface area contributed by atoms with Gasteiger partial charge in [0.05, 0.1) is 20.3 Å². The van der Waals surface area contributed by atoms with E-state index in [4.69, 9.17) is 9.47 Å². The van der Waals surface area contributed by atoms with Crippen LogP contribution in [0.3, 0.4) is 0 Å². The van der Waals surface area contributed by atoms with E-state index in [0.717, 1.165) is 17.7 Å². The van der Waals surface area contributed by atoms with Gasteiger partial charge in [0.15, 0.2) is 0 Å². The Bertz CT molecular complexity index is 771. The van der Waals surface area contributed by atoms with E-state index in [9.17, 15) is 8.42 Å². The minimum atomic E-state index is -3.65. The first-order valence-corrected chi connectivity index (χ1v) is 9.67. The molecular weight excluding hydrogens is 334 g/mol. The van der Waals surface area contributed by atoms with E-state index in [2.05, 4.69) is 0 Å². The highest BCUT2D eigenvalue weighted by molar-refractivity contribution is 7.89. The van der Waals surface area contributed by atoms with Crippen molar-refractivity contribution < 1.29 is 17.9 Å². The molecule has 0 radical (unpaired) electrons. The molecule has 124 valence electrons. The summed E-state index contributed by atoms with van der Waals surface area (Å²) in [4.78, 5) is 1.23. The van der Waals surface area contributed by atoms with Gasteiger partial charge >= 0.3 is 0 Å². The number of rotatable bonds is 5. The Morgan fingerprint density at radius 1 is 1.22 bits per heavy atom. The summed E-state index contributed by atoms with van der Waals surface area (Å²) < 4.78 is 38.4. The van der Waals surface area contributed by atoms with Crippen molar-refractivity contribution in [2.45, 2.75) is 23.8 Å². The van der Waals surface area contributed by atoms with E-state index in [-0.39, 0.29) is 10.9 Å². The number of ether oxygens (including phenoxy) is 2. The minimum absolute atomic E-state index is 0.101. The summed E-state index contributed by atoms with van der Waals surface area (Å²) in [6.45, 7) is 0.519. The predicted molar refractivity (Wildman–Crippen MR) is 89.7 cm³/mol. The maximum Gasteiger partial charge on any atom is 0.247 e. The van der Waals surface area contributed by atoms with Crippen molar-refractivity contribution >= 4 is 21.4 Å². The van der Waals surface area contributed by atoms with E-state index >= 15 is 0 Å². The van der Waals surface area contributed by atoms with Gasteiger partial charge in [-0.25, -0.2) is 8.42 Å². The van der Waals surface area contributed by atoms with Gasteiger partial charge in [-0.15, -0.1) is 11.3 Å². The monoisotopic (exact) mass is 353 g/mol. The smallest absolute Gasteiger partial charge is 0.247 e. The molecule has 1 aliphatic rings. The highest BCUT2D eigenvalue weighted by Gasteiger charge is 2.38. The fourth-order valence-electron chi connectivity index (χ4n) is 2.90. The fourth-order valence-corrected chi connectivity index (χ4v) is 5.69. The van der Waals surface area contributed by atoms with Gasteiger partial charge in [-0.1, -0.05) is 6.07 Å². The first kappa shape index (κ1) is 16.3. The molecule has 2 heterocycles. The number of thiophene rings is 1. The zero-order valence-electron chi connectivity index (χ0n) is 13.1. The normalized spacial score (nSPS) is 19.0. The van der Waals surface area contributed by atoms with Crippen molar-refractivity contribution in [3.8, 4) is 11.5 Å². The molecule has 1 aliphatic heterocycles. The fraction of sp³-hybridized carbons (Fsp3) is 0.375. The number of hydrogen-bond donors (Lipinski definition) is 0. The van der Waals surface area contributed by atoms with Crippen LogP contribution in [0.1, 0.15) is 23.8 Å². The first-order chi connectivity index (χ1) is 11.1. The van der Waals surface area contributed by atoms with Crippen molar-refractivity contribution in [1.82, 2.24) is 4.31 Å². The Morgan fingerprint density at radius 2 is 2.04 bits per heavy atom. The molecule has 23 heavy (non-hydrogen) atoms. The maximum atomic E-state index is 13.2. The Hall–Kier alpha value is -1.57. The molecule has 1 atom stereocenters. The predicted octanol–water partition coefficient (Wildman–Crippen LogP) is 3.29. The van der Waals surface area contributed by atoms with E-state index in [1.807, 2.05) is 17.5 Å². The Balaban J connectivity index is 2.04. The lowest BCUT2D eigenvalue weighted by Crippen LogP contribution is -2.30. The molecule has 0 aliphatic carbocycles. The van der Waals surface area contributed by atoms with Crippen molar-refractivity contribution in [2.24, 2.45) is 0 Å². The first-order valence-electron chi connectivity index (χ1n) is 7.35. The molecule has 0 N–H and O–H groups in total. The van der Waals surface area contributed by atoms with Crippen LogP contribution >= 0.6 is 11.3 Å². The number of hydrogen-bond acceptors (Lipinski definition) is 5. The standard InChI is InChI=1S/C16H19NO4S2/c1-20-12-7-8-14(21-2)16(11-12)23(18,19)17-9-3-5-13(17)15-6-4-10-22-15/h4,6-8,10-11,13H,3,5,9H2,1-2H3/t13-/m0/s1. The van der Waals surface area contributed by atoms with Crippen LogP contribution in [-0.2, 0) is 10.0 Å². The summed E-state index contributed by atoms with van der Waals surface area (Å²) in [5.41, 5.74) is 0. The van der Waals surface area contributed by atoms with E-state index in [1.165, 1.54) is 20.3 Å². The average molecular weight is 353 g/mol. The van der Waals surface area contributed by atoms with Gasteiger partial charge in [-0.05, 0) is 36.4 Å². The van der Waals surface area contributed by atoms with E-state index in [1.54, 1.807) is 27.8 Å². The molecule has 0 spiro atoms. The van der Waals surface area contributed by atoms with Crippen molar-refractivity contribution in [1.29, 1.82) is 0 Å². The molecular formula is C16H19NO4S2. The van der Waals surface area contributed by atoms with Crippen LogP contribution in [0.15, 0.2) is 40.6 Å². The molecule has 1 aromatic carbocycles. The molecule has 2 aromatic rings. The third-order valence-corrected chi connectivity index (χ3v) is 6.94. The molecule has 3 rings (SSSR count). The summed E-state index contributed by atoms with van der Waals surface area (Å²) in [6.07, 6.45) is 1.69. The Morgan fingerprint density at radius 3 is 2.70 bits per heavy atom. The zero-order chi connectivity index (χ0) is 16.4. The van der Waals surface area contributed by atoms with Crippen molar-refractivity contribution in [3.05, 3.63) is 40.6 Å². The van der Waals surface area contributed by atoms with Gasteiger partial charge in [0.25, 0.3) is 0 Å². The quantitative estimate of drug-likeness (QED) is 0.828. The van der Waals surface area contributed by atoms with Gasteiger partial charge in [0.2, 0.25) is 10.0 Å². The SMILES string of the molecule is COc1ccc(OC)c(S(=O)(=O)N2CCC[C@H]2c2cccs2)c1. The largest absolute Gasteiger partial charge is 0.497 e. The number of sulfonamides is 1. The third kappa shape index (κ3) is 2.96. The van der Waals surface area contributed by atoms with Crippen LogP contribution in [0, 0.1) is 0 Å². The van der Waals surface area contributed by atoms with Crippen molar-refractivity contribution in [3.63, 3.8) is 0 Å². The number of methoxy groups -OCH3 is 2. The van der Waals surface area contributed by atoms with Gasteiger partial charge in [-0.2, -0.15) is 4.31 Å². The highest BCUT2D eigenvalue weighted by atomic mass is 32.2. The molecule has 1 saturated heterocycles. The molecule has 0 amide bonds. The molecule has 1 fully saturated rings. The van der Waals surface area contributed by atoms with Crippen LogP contribution in [0.4, 0.5) is 0 Å². The zero-order valence-corrected chi connectivity index (χ0v) is 14.7. The summed E-state index contributed by atoms with van der Waals surface area (Å²) in [7, 11) is -0.664. The number of benzene rings is 1. The van der Waals surface area contributed by atoms with Gasteiger partial charge < -0.3 is 9.47 Å². The average Bonchev–Trinajstić information content (AvgIpc) is 3.24. The lowest BCUT2D eigenvalue weighted by Gasteiger charge is -2.24. The van der Waals surface area contributed by atoms with Gasteiger partial charge in [-0.3, -0.25) is 0 Å². The van der Waals surface area contributed by atoms with Crippen LogP contribution in [-0.4, -0.2) is 33.5 Å². The Kier molecular flexibility index (Phi) is 4.61. The highest BCUT2D eigenvalue weighted by Crippen LogP contribution is 2.40. The second-order valence-electron chi connectivity index (χ2n) is 5.31. The molecule has 0 unspecified atom stereocenters. The lowest BCUT2D eigenvalue weighted by molar-refractivity contribution is 0.377. The van der Waals surface area contributed by atoms with Crippen LogP contribution in [0.5, 0.6) is 11.5 Å². The maximum absolute atomic E-state index is 13.2. The molecule has 0 bridgehead atoms. The molecule has 1 aromatic heterocycles. The second kappa shape index (κ2) is 6.51. The third-order valence-electron chi connectivity index (χ3n) is 4.03. The van der Waals surface area contributed by atoms with Crippen LogP contribution in [0.2, 0.25) is 0 Å². The van der Waals surface area contributed by atoms with Crippen LogP contribution in [0.25, 0.3) is 0 Å². The molecule has 0 saturated carbocycles. The molecule has 5 nitrogen and oxygen atoms in total. The number of nitrogens with zero attached hydrogens (tertiary/aromatic N) is 1. The molecule has 7 heteroatoms. The summed E-state index contributed by atoms with van der Waals surface area (Å²) in [5.74, 6) is 0.832. The summed E-state index contributed by atoms with van der Waals surface area (Å²) in [6, 6.07) is 8.69. The van der Waals surface area contributed by atoms with Gasteiger partial charge in [0, 0.05) is 17.5 Å². The summed E-state index contributed by atoms with van der Waals surface area (Å²) >= 11 is 1.59. The van der Waals surface area contributed by atoms with Gasteiger partial charge in [0.1, 0.15) is 16.4 Å². The Labute approximate surface area is 140 Å². The summed E-state index contributed by atoms with van der Waals surface area (Å²) in [5, 5.41) is 1.98. The minimum Gasteiger partial charge on any atom is -0.497 e. The topological polar surface area (TPSA) is 55.8 Å². The van der Waals surface area contributed by atoms with Crippen molar-refractivity contribution in [2.75, 3.05) is 20.8 Å². The second-order valence-corrected chi connectivity index (χ2v) is 8.14. The van der Waals surface area contributed by atoms with E-state index in [0.29, 0.717) is 18.0 Å². The van der Waals surface area contributed by atoms with Crippen LogP contribution < -0.4 is 9.47 Å². The van der Waals surface area contributed by atoms with E-state index < -0.39 is 10.0 Å². The lowest BCUT2D eigenvalue weighted by atomic mass is 10.2.